The van der Waals surface area contributed by atoms with E-state index in [1.807, 2.05) is 0 Å². The van der Waals surface area contributed by atoms with Crippen LogP contribution in [0.15, 0.2) is 0 Å². The number of ether oxygens (including phenoxy) is 4. The van der Waals surface area contributed by atoms with E-state index in [-0.39, 0.29) is 25.7 Å². The number of aliphatic hydroxyl groups excluding tert-OH is 1. The Labute approximate surface area is 626 Å². The summed E-state index contributed by atoms with van der Waals surface area (Å²) in [5, 5.41) is 10.7. The number of hydrogen-bond acceptors (Lipinski definition) is 15. The molecule has 0 fully saturated rings. The summed E-state index contributed by atoms with van der Waals surface area (Å²) in [5.41, 5.74) is 0. The lowest BCUT2D eigenvalue weighted by Gasteiger charge is -2.21. The molecule has 3 N–H and O–H groups in total. The molecule has 102 heavy (non-hydrogen) atoms. The molecule has 606 valence electrons. The molecule has 0 aliphatic rings. The van der Waals surface area contributed by atoms with Crippen LogP contribution in [-0.4, -0.2) is 96.7 Å². The molecule has 19 heteroatoms. The van der Waals surface area contributed by atoms with E-state index in [4.69, 9.17) is 37.0 Å². The van der Waals surface area contributed by atoms with Crippen molar-refractivity contribution < 1.29 is 80.2 Å². The summed E-state index contributed by atoms with van der Waals surface area (Å²) in [6, 6.07) is 0. The fourth-order valence-corrected chi connectivity index (χ4v) is 14.4. The van der Waals surface area contributed by atoms with Crippen LogP contribution in [0.1, 0.15) is 434 Å². The van der Waals surface area contributed by atoms with Crippen LogP contribution in [0.5, 0.6) is 0 Å². The van der Waals surface area contributed by atoms with Gasteiger partial charge in [0.1, 0.15) is 19.3 Å². The molecule has 0 saturated heterocycles. The van der Waals surface area contributed by atoms with E-state index in [9.17, 15) is 43.2 Å². The van der Waals surface area contributed by atoms with E-state index in [0.717, 1.165) is 108 Å². The van der Waals surface area contributed by atoms with Gasteiger partial charge in [0.05, 0.1) is 26.4 Å². The van der Waals surface area contributed by atoms with Gasteiger partial charge in [0, 0.05) is 25.7 Å². The summed E-state index contributed by atoms with van der Waals surface area (Å²) in [5.74, 6) is 0.235. The average Bonchev–Trinajstić information content (AvgIpc) is 0.910. The maximum Gasteiger partial charge on any atom is 0.472 e. The Morgan fingerprint density at radius 1 is 0.265 bits per heavy atom. The largest absolute Gasteiger partial charge is 0.472 e. The highest BCUT2D eigenvalue weighted by molar-refractivity contribution is 7.47. The van der Waals surface area contributed by atoms with E-state index in [2.05, 4.69) is 48.5 Å². The molecular weight excluding hydrogens is 1330 g/mol. The Kier molecular flexibility index (Phi) is 71.8. The molecule has 0 amide bonds. The molecule has 17 nitrogen and oxygen atoms in total. The van der Waals surface area contributed by atoms with Crippen molar-refractivity contribution in [3.8, 4) is 0 Å². The van der Waals surface area contributed by atoms with E-state index >= 15 is 0 Å². The predicted molar refractivity (Wildman–Crippen MR) is 418 cm³/mol. The van der Waals surface area contributed by atoms with Gasteiger partial charge in [-0.05, 0) is 43.4 Å². The highest BCUT2D eigenvalue weighted by Crippen LogP contribution is 2.45. The molecule has 5 atom stereocenters. The number of esters is 4. The second kappa shape index (κ2) is 73.2. The molecule has 0 saturated carbocycles. The topological polar surface area (TPSA) is 237 Å². The molecular formula is C83H162O17P2. The lowest BCUT2D eigenvalue weighted by atomic mass is 10.0. The van der Waals surface area contributed by atoms with Gasteiger partial charge in [-0.2, -0.15) is 0 Å². The van der Waals surface area contributed by atoms with Crippen LogP contribution in [0.4, 0.5) is 0 Å². The third kappa shape index (κ3) is 76.3. The Morgan fingerprint density at radius 3 is 0.667 bits per heavy atom. The van der Waals surface area contributed by atoms with E-state index in [1.54, 1.807) is 0 Å². The minimum absolute atomic E-state index is 0.107. The van der Waals surface area contributed by atoms with E-state index < -0.39 is 97.5 Å². The second-order valence-electron chi connectivity index (χ2n) is 31.3. The lowest BCUT2D eigenvalue weighted by Crippen LogP contribution is -2.30. The van der Waals surface area contributed by atoms with Crippen LogP contribution < -0.4 is 0 Å². The van der Waals surface area contributed by atoms with Gasteiger partial charge in [-0.15, -0.1) is 0 Å². The van der Waals surface area contributed by atoms with Crippen molar-refractivity contribution in [3.05, 3.63) is 0 Å². The van der Waals surface area contributed by atoms with Crippen molar-refractivity contribution in [3.63, 3.8) is 0 Å². The molecule has 0 aliphatic carbocycles. The Balaban J connectivity index is 5.25. The van der Waals surface area contributed by atoms with Crippen molar-refractivity contribution in [1.82, 2.24) is 0 Å². The summed E-state index contributed by atoms with van der Waals surface area (Å²) in [7, 11) is -9.92. The van der Waals surface area contributed by atoms with Gasteiger partial charge in [0.2, 0.25) is 0 Å². The number of carbonyl (C=O) groups is 4. The number of aliphatic hydroxyl groups is 1. The quantitative estimate of drug-likeness (QED) is 0.0222. The highest BCUT2D eigenvalue weighted by Gasteiger charge is 2.30. The van der Waals surface area contributed by atoms with Gasteiger partial charge < -0.3 is 33.8 Å². The smallest absolute Gasteiger partial charge is 0.462 e. The summed E-state index contributed by atoms with van der Waals surface area (Å²) >= 11 is 0. The van der Waals surface area contributed by atoms with Crippen molar-refractivity contribution in [2.75, 3.05) is 39.6 Å². The summed E-state index contributed by atoms with van der Waals surface area (Å²) in [6.07, 6.45) is 62.4. The molecule has 0 heterocycles. The van der Waals surface area contributed by atoms with Crippen LogP contribution in [0.3, 0.4) is 0 Å². The average molecular weight is 1490 g/mol. The van der Waals surface area contributed by atoms with Crippen LogP contribution in [0.25, 0.3) is 0 Å². The molecule has 0 aromatic rings. The van der Waals surface area contributed by atoms with Crippen LogP contribution >= 0.6 is 15.6 Å². The maximum absolute atomic E-state index is 13.1. The van der Waals surface area contributed by atoms with Gasteiger partial charge in [-0.3, -0.25) is 37.3 Å². The molecule has 0 rings (SSSR count). The second-order valence-corrected chi connectivity index (χ2v) is 34.2. The zero-order chi connectivity index (χ0) is 75.1. The van der Waals surface area contributed by atoms with E-state index in [0.29, 0.717) is 25.7 Å². The number of carbonyl (C=O) groups excluding carboxylic acids is 4. The maximum atomic E-state index is 13.1. The minimum Gasteiger partial charge on any atom is -0.462 e. The summed E-state index contributed by atoms with van der Waals surface area (Å²) in [4.78, 5) is 73.1. The van der Waals surface area contributed by atoms with Crippen molar-refractivity contribution in [1.29, 1.82) is 0 Å². The van der Waals surface area contributed by atoms with Crippen LogP contribution in [0, 0.1) is 17.8 Å². The standard InChI is InChI=1S/C83H162O17P2/c1-8-9-10-11-12-13-14-15-25-31-36-45-52-59-66-82(87)100-79(71-94-81(86)65-58-51-44-39-38-42-49-56-63-76(6)7)73-98-102(91,92)96-69-77(84)68-95-101(89,90)97-72-78(70-93-80(85)64-57-50-43-35-30-26-22-18-20-24-29-34-41-48-55-62-75(4)5)99-83(88)67-60-53-46-37-32-27-21-17-16-19-23-28-33-40-47-54-61-74(2)3/h74-79,84H,8-73H2,1-7H3,(H,89,90)(H,91,92)/t77-,78-,79-/m1/s1. The third-order valence-corrected chi connectivity index (χ3v) is 21.3. The molecule has 0 radical (unpaired) electrons. The fraction of sp³-hybridized carbons (Fsp3) is 0.952. The summed E-state index contributed by atoms with van der Waals surface area (Å²) in [6.45, 7) is 12.0. The van der Waals surface area contributed by atoms with E-state index in [1.165, 1.54) is 244 Å². The van der Waals surface area contributed by atoms with Gasteiger partial charge >= 0.3 is 39.5 Å². The number of phosphoric ester groups is 2. The minimum atomic E-state index is -4.96. The Hall–Kier alpha value is -1.94. The third-order valence-electron chi connectivity index (χ3n) is 19.4. The monoisotopic (exact) mass is 1490 g/mol. The highest BCUT2D eigenvalue weighted by atomic mass is 31.2. The van der Waals surface area contributed by atoms with Crippen molar-refractivity contribution >= 4 is 39.5 Å². The Morgan fingerprint density at radius 2 is 0.451 bits per heavy atom. The molecule has 0 spiro atoms. The first kappa shape index (κ1) is 100. The fourth-order valence-electron chi connectivity index (χ4n) is 12.8. The number of unbranched alkanes of at least 4 members (excludes halogenated alkanes) is 49. The molecule has 0 aromatic heterocycles. The summed E-state index contributed by atoms with van der Waals surface area (Å²) < 4.78 is 68.8. The first-order chi connectivity index (χ1) is 49.2. The normalized spacial score (nSPS) is 13.9. The van der Waals surface area contributed by atoms with Crippen LogP contribution in [-0.2, 0) is 65.4 Å². The number of hydrogen-bond donors (Lipinski definition) is 3. The molecule has 0 bridgehead atoms. The Bertz CT molecular complexity index is 1970. The van der Waals surface area contributed by atoms with Crippen molar-refractivity contribution in [2.24, 2.45) is 17.8 Å². The van der Waals surface area contributed by atoms with Crippen LogP contribution in [0.2, 0.25) is 0 Å². The molecule has 0 aliphatic heterocycles. The first-order valence-corrected chi connectivity index (χ1v) is 45.8. The zero-order valence-electron chi connectivity index (χ0n) is 67.1. The zero-order valence-corrected chi connectivity index (χ0v) is 68.9. The van der Waals surface area contributed by atoms with Gasteiger partial charge in [-0.1, -0.05) is 382 Å². The molecule has 0 aromatic carbocycles. The predicted octanol–water partition coefficient (Wildman–Crippen LogP) is 24.9. The van der Waals surface area contributed by atoms with Gasteiger partial charge in [0.15, 0.2) is 12.2 Å². The van der Waals surface area contributed by atoms with Gasteiger partial charge in [-0.25, -0.2) is 9.13 Å². The number of phosphoric acid groups is 2. The lowest BCUT2D eigenvalue weighted by molar-refractivity contribution is -0.161. The van der Waals surface area contributed by atoms with Crippen molar-refractivity contribution in [2.45, 2.75) is 452 Å². The van der Waals surface area contributed by atoms with Gasteiger partial charge in [0.25, 0.3) is 0 Å². The first-order valence-electron chi connectivity index (χ1n) is 42.8. The SMILES string of the molecule is CCCCCCCCCCCCCCCCC(=O)O[C@H](COC(=O)CCCCCCCCCCC(C)C)COP(=O)(O)OC[C@H](O)COP(=O)(O)OC[C@@H](COC(=O)CCCCCCCCCCCCCCCCCC(C)C)OC(=O)CCCCCCCCCCCCCCCCCCC(C)C. The number of rotatable bonds is 81. The molecule has 2 unspecified atom stereocenters.